The summed E-state index contributed by atoms with van der Waals surface area (Å²) in [7, 11) is -19.9. The van der Waals surface area contributed by atoms with Crippen LogP contribution in [0.3, 0.4) is 0 Å². The first kappa shape index (κ1) is 48.5. The summed E-state index contributed by atoms with van der Waals surface area (Å²) in [5.41, 5.74) is 1.43. The SMILES string of the molecule is CCN1C(=CC=CC2=[N+](CCCCCC(=O)ON3C(=O)CCC3=O)c3ccc4c(S(=O)(=O)O)cc(S(=O)(=O)O)cc4c3C2(C)C)C(C)(C)c2c1ccc1c(S(=O)(=O)O)cc(S(=O)(=O)O)cc21. The van der Waals surface area contributed by atoms with Gasteiger partial charge in [-0.3, -0.25) is 27.8 Å². The van der Waals surface area contributed by atoms with Crippen LogP contribution in [-0.4, -0.2) is 98.1 Å². The Bertz CT molecular complexity index is 3360. The Kier molecular flexibility index (Phi) is 12.3. The molecule has 0 spiro atoms. The average molecular weight is 989 g/mol. The lowest BCUT2D eigenvalue weighted by molar-refractivity contribution is -0.438. The van der Waals surface area contributed by atoms with E-state index in [2.05, 4.69) is 0 Å². The van der Waals surface area contributed by atoms with Crippen LogP contribution in [0.5, 0.6) is 0 Å². The van der Waals surface area contributed by atoms with Crippen molar-refractivity contribution in [3.8, 4) is 0 Å². The zero-order valence-corrected chi connectivity index (χ0v) is 39.4. The quantitative estimate of drug-likeness (QED) is 0.0504. The van der Waals surface area contributed by atoms with Crippen molar-refractivity contribution < 1.29 is 75.7 Å². The van der Waals surface area contributed by atoms with Crippen LogP contribution in [0.2, 0.25) is 0 Å². The third-order valence-electron chi connectivity index (χ3n) is 12.2. The van der Waals surface area contributed by atoms with E-state index in [0.29, 0.717) is 83.5 Å². The Morgan fingerprint density at radius 2 is 1.23 bits per heavy atom. The minimum Gasteiger partial charge on any atom is -0.344 e. The van der Waals surface area contributed by atoms with E-state index < -0.39 is 88.7 Å². The summed E-state index contributed by atoms with van der Waals surface area (Å²) in [6.07, 6.45) is 6.40. The molecule has 4 aromatic rings. The van der Waals surface area contributed by atoms with Crippen molar-refractivity contribution in [3.63, 3.8) is 0 Å². The number of imide groups is 1. The molecule has 66 heavy (non-hydrogen) atoms. The van der Waals surface area contributed by atoms with Crippen molar-refractivity contribution in [1.29, 1.82) is 0 Å². The Labute approximate surface area is 381 Å². The number of anilines is 1. The van der Waals surface area contributed by atoms with Crippen molar-refractivity contribution in [2.24, 2.45) is 0 Å². The summed E-state index contributed by atoms with van der Waals surface area (Å²) in [5, 5.41) is 0.766. The number of amides is 2. The summed E-state index contributed by atoms with van der Waals surface area (Å²) in [4.78, 5) is 40.3. The molecule has 0 unspecified atom stereocenters. The Hall–Kier alpha value is -5.40. The molecule has 4 aromatic carbocycles. The molecule has 1 saturated heterocycles. The summed E-state index contributed by atoms with van der Waals surface area (Å²) in [6.45, 7) is 9.88. The summed E-state index contributed by atoms with van der Waals surface area (Å²) in [6, 6.07) is 9.80. The molecule has 7 rings (SSSR count). The first-order chi connectivity index (χ1) is 30.5. The highest BCUT2D eigenvalue weighted by Crippen LogP contribution is 2.52. The van der Waals surface area contributed by atoms with Crippen LogP contribution in [0, 0.1) is 0 Å². The van der Waals surface area contributed by atoms with Gasteiger partial charge in [0, 0.05) is 77.5 Å². The number of likely N-dealkylation sites (N-methyl/N-ethyl adjacent to an activating group) is 1. The highest BCUT2D eigenvalue weighted by Gasteiger charge is 2.47. The second-order valence-corrected chi connectivity index (χ2v) is 22.8. The molecule has 0 aromatic heterocycles. The molecule has 4 N–H and O–H groups in total. The number of carbonyl (C=O) groups is 3. The maximum Gasteiger partial charge on any atom is 0.333 e. The predicted molar refractivity (Wildman–Crippen MR) is 239 cm³/mol. The van der Waals surface area contributed by atoms with Crippen LogP contribution < -0.4 is 4.90 Å². The minimum atomic E-state index is -5.02. The van der Waals surface area contributed by atoms with Gasteiger partial charge in [0.05, 0.1) is 15.2 Å². The molecule has 3 aliphatic heterocycles. The molecular weight excluding hydrogens is 943 g/mol. The Morgan fingerprint density at radius 1 is 0.697 bits per heavy atom. The van der Waals surface area contributed by atoms with Gasteiger partial charge in [0.1, 0.15) is 16.3 Å². The molecule has 23 heteroatoms. The van der Waals surface area contributed by atoms with Crippen LogP contribution in [-0.2, 0) is 70.5 Å². The fourth-order valence-electron chi connectivity index (χ4n) is 9.34. The first-order valence-corrected chi connectivity index (χ1v) is 26.3. The van der Waals surface area contributed by atoms with Gasteiger partial charge in [0.2, 0.25) is 5.69 Å². The number of fused-ring (bicyclic) bond motifs is 6. The normalized spacial score (nSPS) is 18.1. The number of hydrogen-bond acceptors (Lipinski definition) is 13. The molecule has 19 nitrogen and oxygen atoms in total. The number of allylic oxidation sites excluding steroid dienone is 4. The fraction of sp³-hybridized carbons (Fsp3) is 0.349. The van der Waals surface area contributed by atoms with Crippen LogP contribution in [0.15, 0.2) is 92.0 Å². The number of carbonyl (C=O) groups excluding carboxylic acids is 3. The van der Waals surface area contributed by atoms with Gasteiger partial charge < -0.3 is 9.74 Å². The van der Waals surface area contributed by atoms with Crippen molar-refractivity contribution in [1.82, 2.24) is 5.06 Å². The van der Waals surface area contributed by atoms with E-state index in [1.165, 1.54) is 12.1 Å². The lowest BCUT2D eigenvalue weighted by Gasteiger charge is -2.26. The largest absolute Gasteiger partial charge is 0.344 e. The van der Waals surface area contributed by atoms with Gasteiger partial charge in [-0.1, -0.05) is 26.0 Å². The molecule has 0 aliphatic carbocycles. The number of hydroxylamine groups is 2. The van der Waals surface area contributed by atoms with Gasteiger partial charge in [-0.2, -0.15) is 38.2 Å². The van der Waals surface area contributed by atoms with E-state index in [4.69, 9.17) is 4.84 Å². The van der Waals surface area contributed by atoms with Gasteiger partial charge in [-0.25, -0.2) is 4.79 Å². The van der Waals surface area contributed by atoms with Crippen molar-refractivity contribution in [2.75, 3.05) is 18.0 Å². The average Bonchev–Trinajstić information content (AvgIpc) is 3.73. The molecule has 3 heterocycles. The number of nitrogens with zero attached hydrogens (tertiary/aromatic N) is 3. The number of unbranched alkanes of at least 4 members (excludes halogenated alkanes) is 2. The Morgan fingerprint density at radius 3 is 1.74 bits per heavy atom. The zero-order chi connectivity index (χ0) is 48.7. The lowest BCUT2D eigenvalue weighted by atomic mass is 9.78. The van der Waals surface area contributed by atoms with Gasteiger partial charge >= 0.3 is 5.97 Å². The number of rotatable bonds is 14. The number of benzene rings is 4. The fourth-order valence-corrected chi connectivity index (χ4v) is 12.0. The topological polar surface area (TPSA) is 287 Å². The van der Waals surface area contributed by atoms with E-state index in [1.807, 2.05) is 50.2 Å². The van der Waals surface area contributed by atoms with Crippen molar-refractivity contribution >= 4 is 96.9 Å². The third kappa shape index (κ3) is 8.69. The molecule has 0 saturated carbocycles. The minimum absolute atomic E-state index is 0.0110. The number of hydrogen-bond donors (Lipinski definition) is 4. The molecule has 0 bridgehead atoms. The van der Waals surface area contributed by atoms with E-state index >= 15 is 0 Å². The van der Waals surface area contributed by atoms with E-state index in [1.54, 1.807) is 24.3 Å². The van der Waals surface area contributed by atoms with Crippen molar-refractivity contribution in [2.45, 2.75) is 104 Å². The van der Waals surface area contributed by atoms with Crippen LogP contribution in [0.4, 0.5) is 11.4 Å². The Balaban J connectivity index is 1.32. The molecular formula is C43H46N3O16S4+. The molecule has 0 atom stereocenters. The van der Waals surface area contributed by atoms with Crippen LogP contribution in [0.25, 0.3) is 21.5 Å². The predicted octanol–water partition coefficient (Wildman–Crippen LogP) is 5.78. The van der Waals surface area contributed by atoms with E-state index in [9.17, 15) is 66.3 Å². The van der Waals surface area contributed by atoms with E-state index in [0.717, 1.165) is 12.1 Å². The summed E-state index contributed by atoms with van der Waals surface area (Å²) >= 11 is 0. The third-order valence-corrected chi connectivity index (χ3v) is 15.7. The van der Waals surface area contributed by atoms with Gasteiger partial charge in [-0.15, -0.1) is 5.06 Å². The second-order valence-electron chi connectivity index (χ2n) is 17.2. The molecule has 352 valence electrons. The smallest absolute Gasteiger partial charge is 0.333 e. The summed E-state index contributed by atoms with van der Waals surface area (Å²) < 4.78 is 142. The van der Waals surface area contributed by atoms with Crippen molar-refractivity contribution in [3.05, 3.63) is 83.6 Å². The van der Waals surface area contributed by atoms with Crippen LogP contribution >= 0.6 is 0 Å². The first-order valence-electron chi connectivity index (χ1n) is 20.5. The van der Waals surface area contributed by atoms with Gasteiger partial charge in [0.15, 0.2) is 5.71 Å². The second kappa shape index (κ2) is 16.7. The molecule has 1 fully saturated rings. The maximum absolute atomic E-state index is 12.6. The van der Waals surface area contributed by atoms with E-state index in [-0.39, 0.29) is 40.8 Å². The monoisotopic (exact) mass is 988 g/mol. The summed E-state index contributed by atoms with van der Waals surface area (Å²) in [5.74, 6) is -1.96. The van der Waals surface area contributed by atoms with Gasteiger partial charge in [-0.05, 0) is 92.4 Å². The maximum atomic E-state index is 12.6. The highest BCUT2D eigenvalue weighted by atomic mass is 32.2. The zero-order valence-electron chi connectivity index (χ0n) is 36.2. The highest BCUT2D eigenvalue weighted by molar-refractivity contribution is 7.87. The molecule has 3 aliphatic rings. The standard InChI is InChI=1S/C43H45N3O16S4/c1-6-44-31-16-14-27-29(21-25(63(50,51)52)23-33(27)65(56,57)58)40(31)42(2,3)35(44)11-10-12-36-43(4,5)41-30-22-26(64(53,54)55)24-34(66(59,60)61)28(30)15-17-32(41)45(36)20-9-7-8-13-39(49)62-46-37(47)18-19-38(46)48/h10-12,14-17,21-24H,6-9,13,18-20H2,1-5H3,(H3-,50,51,52,53,54,55,56,57,58,59,60,61)/p+1. The lowest BCUT2D eigenvalue weighted by Crippen LogP contribution is -2.31. The van der Waals surface area contributed by atoms with Crippen LogP contribution in [0.1, 0.15) is 84.3 Å². The van der Waals surface area contributed by atoms with Gasteiger partial charge in [0.25, 0.3) is 52.3 Å². The molecule has 0 radical (unpaired) electrons. The molecule has 2 amide bonds.